The number of carbonyl (C=O) groups excluding carboxylic acids is 1. The van der Waals surface area contributed by atoms with E-state index in [1.807, 2.05) is 30.3 Å². The predicted octanol–water partition coefficient (Wildman–Crippen LogP) is 2.60. The van der Waals surface area contributed by atoms with Crippen LogP contribution in [0.15, 0.2) is 35.4 Å². The molecule has 0 aliphatic rings. The second-order valence-electron chi connectivity index (χ2n) is 4.49. The number of ether oxygens (including phenoxy) is 1. The van der Waals surface area contributed by atoms with Crippen molar-refractivity contribution in [2.75, 3.05) is 0 Å². The van der Waals surface area contributed by atoms with Gasteiger partial charge in [0, 0.05) is 6.21 Å². The van der Waals surface area contributed by atoms with Crippen LogP contribution in [0.4, 0.5) is 0 Å². The highest BCUT2D eigenvalue weighted by atomic mass is 16.5. The highest BCUT2D eigenvalue weighted by Gasteiger charge is 2.13. The van der Waals surface area contributed by atoms with E-state index in [1.54, 1.807) is 13.1 Å². The maximum Gasteiger partial charge on any atom is 0.280 e. The summed E-state index contributed by atoms with van der Waals surface area (Å²) in [5, 5.41) is 3.87. The molecule has 0 saturated carbocycles. The number of hydrogen-bond donors (Lipinski definition) is 1. The fourth-order valence-electron chi connectivity index (χ4n) is 1.22. The fraction of sp³-hybridized carbons (Fsp3) is 0.429. The molecular formula is C14H20N2O2. The smallest absolute Gasteiger partial charge is 0.280 e. The van der Waals surface area contributed by atoms with Crippen molar-refractivity contribution in [1.29, 1.82) is 0 Å². The van der Waals surface area contributed by atoms with Gasteiger partial charge in [0.05, 0.1) is 0 Å². The van der Waals surface area contributed by atoms with E-state index < -0.39 is 6.10 Å². The Kier molecular flexibility index (Phi) is 5.91. The summed E-state index contributed by atoms with van der Waals surface area (Å²) in [5.74, 6) is 0.953. The standard InChI is InChI=1S/C14H20N2O2/c1-11(2)9-10-15-16-14(17)12(3)18-13-7-5-4-6-8-13/h4-8,10-12H,9H2,1-3H3,(H,16,17)/b15-10-/t12-/m0/s1. The largest absolute Gasteiger partial charge is 0.481 e. The second kappa shape index (κ2) is 7.48. The van der Waals surface area contributed by atoms with E-state index in [0.29, 0.717) is 11.7 Å². The molecular weight excluding hydrogens is 228 g/mol. The van der Waals surface area contributed by atoms with Crippen LogP contribution in [0, 0.1) is 5.92 Å². The van der Waals surface area contributed by atoms with Crippen LogP contribution in [0.3, 0.4) is 0 Å². The molecule has 0 fully saturated rings. The van der Waals surface area contributed by atoms with Crippen molar-refractivity contribution >= 4 is 12.1 Å². The minimum atomic E-state index is -0.566. The van der Waals surface area contributed by atoms with Crippen LogP contribution < -0.4 is 10.2 Å². The quantitative estimate of drug-likeness (QED) is 0.621. The average molecular weight is 248 g/mol. The maximum atomic E-state index is 11.6. The highest BCUT2D eigenvalue weighted by molar-refractivity contribution is 5.81. The van der Waals surface area contributed by atoms with Crippen molar-refractivity contribution in [3.05, 3.63) is 30.3 Å². The van der Waals surface area contributed by atoms with Crippen molar-refractivity contribution in [2.24, 2.45) is 11.0 Å². The third-order valence-electron chi connectivity index (χ3n) is 2.27. The highest BCUT2D eigenvalue weighted by Crippen LogP contribution is 2.10. The minimum Gasteiger partial charge on any atom is -0.481 e. The van der Waals surface area contributed by atoms with Crippen LogP contribution in [0.25, 0.3) is 0 Å². The summed E-state index contributed by atoms with van der Waals surface area (Å²) >= 11 is 0. The van der Waals surface area contributed by atoms with Gasteiger partial charge in [-0.2, -0.15) is 5.10 Å². The summed E-state index contributed by atoms with van der Waals surface area (Å²) in [6.45, 7) is 5.88. The van der Waals surface area contributed by atoms with E-state index in [1.165, 1.54) is 0 Å². The summed E-state index contributed by atoms with van der Waals surface area (Å²) in [5.41, 5.74) is 2.46. The lowest BCUT2D eigenvalue weighted by Gasteiger charge is -2.12. The number of hydrazone groups is 1. The topological polar surface area (TPSA) is 50.7 Å². The zero-order valence-corrected chi connectivity index (χ0v) is 11.1. The summed E-state index contributed by atoms with van der Waals surface area (Å²) in [7, 11) is 0. The van der Waals surface area contributed by atoms with Crippen molar-refractivity contribution in [1.82, 2.24) is 5.43 Å². The molecule has 0 saturated heterocycles. The Morgan fingerprint density at radius 1 is 1.33 bits per heavy atom. The number of nitrogens with one attached hydrogen (secondary N) is 1. The first-order valence-corrected chi connectivity index (χ1v) is 6.12. The van der Waals surface area contributed by atoms with Crippen LogP contribution >= 0.6 is 0 Å². The molecule has 4 heteroatoms. The summed E-state index contributed by atoms with van der Waals surface area (Å²) in [6, 6.07) is 9.24. The molecule has 1 N–H and O–H groups in total. The van der Waals surface area contributed by atoms with Crippen LogP contribution in [-0.2, 0) is 4.79 Å². The summed E-state index contributed by atoms with van der Waals surface area (Å²) in [6.07, 6.45) is 1.98. The lowest BCUT2D eigenvalue weighted by Crippen LogP contribution is -2.33. The van der Waals surface area contributed by atoms with Gasteiger partial charge >= 0.3 is 0 Å². The number of carbonyl (C=O) groups is 1. The number of nitrogens with zero attached hydrogens (tertiary/aromatic N) is 1. The Balaban J connectivity index is 2.35. The molecule has 0 unspecified atom stereocenters. The monoisotopic (exact) mass is 248 g/mol. The predicted molar refractivity (Wildman–Crippen MR) is 72.6 cm³/mol. The van der Waals surface area contributed by atoms with Gasteiger partial charge in [0.25, 0.3) is 5.91 Å². The first kappa shape index (κ1) is 14.2. The molecule has 0 aromatic heterocycles. The summed E-state index contributed by atoms with van der Waals surface area (Å²) in [4.78, 5) is 11.6. The molecule has 0 bridgehead atoms. The zero-order valence-electron chi connectivity index (χ0n) is 11.1. The number of amides is 1. The van der Waals surface area contributed by atoms with Gasteiger partial charge < -0.3 is 4.74 Å². The van der Waals surface area contributed by atoms with Gasteiger partial charge in [-0.25, -0.2) is 5.43 Å². The number of para-hydroxylation sites is 1. The van der Waals surface area contributed by atoms with Crippen molar-refractivity contribution in [2.45, 2.75) is 33.3 Å². The van der Waals surface area contributed by atoms with E-state index >= 15 is 0 Å². The Morgan fingerprint density at radius 3 is 2.61 bits per heavy atom. The lowest BCUT2D eigenvalue weighted by atomic mass is 10.2. The van der Waals surface area contributed by atoms with Gasteiger partial charge in [0.15, 0.2) is 6.10 Å². The molecule has 4 nitrogen and oxygen atoms in total. The van der Waals surface area contributed by atoms with Gasteiger partial charge in [-0.05, 0) is 31.4 Å². The molecule has 0 heterocycles. The second-order valence-corrected chi connectivity index (χ2v) is 4.49. The number of benzene rings is 1. The fourth-order valence-corrected chi connectivity index (χ4v) is 1.22. The minimum absolute atomic E-state index is 0.251. The molecule has 1 atom stereocenters. The van der Waals surface area contributed by atoms with Gasteiger partial charge in [0.1, 0.15) is 5.75 Å². The average Bonchev–Trinajstić information content (AvgIpc) is 2.35. The zero-order chi connectivity index (χ0) is 13.4. The normalized spacial score (nSPS) is 12.7. The van der Waals surface area contributed by atoms with Crippen LogP contribution in [0.2, 0.25) is 0 Å². The van der Waals surface area contributed by atoms with E-state index in [9.17, 15) is 4.79 Å². The number of rotatable bonds is 6. The van der Waals surface area contributed by atoms with Crippen LogP contribution in [0.1, 0.15) is 27.2 Å². The molecule has 98 valence electrons. The Bertz CT molecular complexity index is 388. The first-order valence-electron chi connectivity index (χ1n) is 6.12. The van der Waals surface area contributed by atoms with E-state index in [-0.39, 0.29) is 5.91 Å². The maximum absolute atomic E-state index is 11.6. The molecule has 1 rings (SSSR count). The van der Waals surface area contributed by atoms with Crippen LogP contribution in [0.5, 0.6) is 5.75 Å². The Labute approximate surface area is 108 Å². The molecule has 1 aromatic rings. The summed E-state index contributed by atoms with van der Waals surface area (Å²) < 4.78 is 5.47. The Morgan fingerprint density at radius 2 is 2.00 bits per heavy atom. The molecule has 0 aliphatic heterocycles. The molecule has 1 aromatic carbocycles. The number of hydrogen-bond acceptors (Lipinski definition) is 3. The van der Waals surface area contributed by atoms with E-state index in [4.69, 9.17) is 4.74 Å². The van der Waals surface area contributed by atoms with Gasteiger partial charge in [-0.1, -0.05) is 32.0 Å². The SMILES string of the molecule is CC(C)C/C=N\NC(=O)[C@H](C)Oc1ccccc1. The lowest BCUT2D eigenvalue weighted by molar-refractivity contribution is -0.127. The Hall–Kier alpha value is -1.84. The van der Waals surface area contributed by atoms with Gasteiger partial charge in [-0.15, -0.1) is 0 Å². The third kappa shape index (κ3) is 5.48. The molecule has 18 heavy (non-hydrogen) atoms. The van der Waals surface area contributed by atoms with Crippen LogP contribution in [-0.4, -0.2) is 18.2 Å². The molecule has 0 aliphatic carbocycles. The molecule has 0 spiro atoms. The van der Waals surface area contributed by atoms with E-state index in [2.05, 4.69) is 24.4 Å². The van der Waals surface area contributed by atoms with Crippen molar-refractivity contribution in [3.8, 4) is 5.75 Å². The molecule has 0 radical (unpaired) electrons. The van der Waals surface area contributed by atoms with Crippen molar-refractivity contribution < 1.29 is 9.53 Å². The first-order chi connectivity index (χ1) is 8.59. The van der Waals surface area contributed by atoms with Gasteiger partial charge in [-0.3, -0.25) is 4.79 Å². The van der Waals surface area contributed by atoms with Gasteiger partial charge in [0.2, 0.25) is 0 Å². The molecule has 1 amide bonds. The third-order valence-corrected chi connectivity index (χ3v) is 2.27. The van der Waals surface area contributed by atoms with E-state index in [0.717, 1.165) is 6.42 Å². The van der Waals surface area contributed by atoms with Crippen molar-refractivity contribution in [3.63, 3.8) is 0 Å².